The maximum absolute atomic E-state index is 11.0. The summed E-state index contributed by atoms with van der Waals surface area (Å²) in [6, 6.07) is 6.56. The summed E-state index contributed by atoms with van der Waals surface area (Å²) in [5.41, 5.74) is 8.04. The molecule has 1 aromatic carbocycles. The maximum atomic E-state index is 11.0. The molecule has 0 aromatic heterocycles. The highest BCUT2D eigenvalue weighted by Crippen LogP contribution is 2.17. The molecule has 4 nitrogen and oxygen atoms in total. The van der Waals surface area contributed by atoms with Gasteiger partial charge in [0, 0.05) is 0 Å². The monoisotopic (exact) mass is 250 g/mol. The quantitative estimate of drug-likeness (QED) is 0.716. The number of hydrogen-bond acceptors (Lipinski definition) is 3. The summed E-state index contributed by atoms with van der Waals surface area (Å²) in [5.74, 6) is -0.329. The Hall–Kier alpha value is -1.39. The van der Waals surface area contributed by atoms with Crippen LogP contribution in [-0.4, -0.2) is 24.2 Å². The minimum absolute atomic E-state index is 0.541. The predicted molar refractivity (Wildman–Crippen MR) is 72.4 cm³/mol. The molecule has 0 heterocycles. The zero-order valence-corrected chi connectivity index (χ0v) is 11.2. The molecule has 0 saturated carbocycles. The molecule has 4 heteroatoms. The lowest BCUT2D eigenvalue weighted by molar-refractivity contribution is -0.139. The van der Waals surface area contributed by atoms with Crippen molar-refractivity contribution in [2.45, 2.75) is 32.4 Å². The molecule has 0 aliphatic heterocycles. The third kappa shape index (κ3) is 3.82. The molecule has 100 valence electrons. The number of carbonyl (C=O) groups is 1. The van der Waals surface area contributed by atoms with Crippen molar-refractivity contribution in [1.82, 2.24) is 5.32 Å². The third-order valence-electron chi connectivity index (χ3n) is 2.94. The molecule has 0 spiro atoms. The van der Waals surface area contributed by atoms with E-state index in [0.717, 1.165) is 12.0 Å². The van der Waals surface area contributed by atoms with Crippen molar-refractivity contribution in [3.05, 3.63) is 35.4 Å². The van der Waals surface area contributed by atoms with Crippen molar-refractivity contribution < 1.29 is 9.90 Å². The largest absolute Gasteiger partial charge is 0.480 e. The molecule has 0 aliphatic rings. The van der Waals surface area contributed by atoms with Crippen LogP contribution in [0.25, 0.3) is 0 Å². The number of hydrogen-bond donors (Lipinski definition) is 3. The van der Waals surface area contributed by atoms with Gasteiger partial charge in [0.05, 0.1) is 6.04 Å². The number of likely N-dealkylation sites (N-methyl/N-ethyl adjacent to an activating group) is 1. The van der Waals surface area contributed by atoms with Crippen molar-refractivity contribution in [2.24, 2.45) is 11.7 Å². The van der Waals surface area contributed by atoms with Gasteiger partial charge in [-0.2, -0.15) is 0 Å². The Kier molecular flexibility index (Phi) is 5.31. The van der Waals surface area contributed by atoms with Gasteiger partial charge < -0.3 is 16.2 Å². The molecule has 0 fully saturated rings. The molecule has 0 aliphatic carbocycles. The Morgan fingerprint density at radius 3 is 2.28 bits per heavy atom. The molecule has 18 heavy (non-hydrogen) atoms. The molecule has 0 amide bonds. The standard InChI is InChI=1S/C14H22N2O2/c1-9(2)8-10-4-6-11(7-5-10)12(15)13(16-3)14(17)18/h4-7,9,12-13,16H,8,15H2,1-3H3,(H,17,18). The lowest BCUT2D eigenvalue weighted by Crippen LogP contribution is -2.43. The number of benzene rings is 1. The third-order valence-corrected chi connectivity index (χ3v) is 2.94. The zero-order valence-electron chi connectivity index (χ0n) is 11.2. The summed E-state index contributed by atoms with van der Waals surface area (Å²) in [6.45, 7) is 4.34. The van der Waals surface area contributed by atoms with E-state index in [2.05, 4.69) is 19.2 Å². The van der Waals surface area contributed by atoms with E-state index in [1.807, 2.05) is 24.3 Å². The van der Waals surface area contributed by atoms with Crippen molar-refractivity contribution in [2.75, 3.05) is 7.05 Å². The van der Waals surface area contributed by atoms with E-state index in [9.17, 15) is 4.79 Å². The van der Waals surface area contributed by atoms with Crippen LogP contribution < -0.4 is 11.1 Å². The molecule has 0 bridgehead atoms. The van der Waals surface area contributed by atoms with E-state index >= 15 is 0 Å². The van der Waals surface area contributed by atoms with Gasteiger partial charge in [-0.25, -0.2) is 0 Å². The molecule has 4 N–H and O–H groups in total. The highest BCUT2D eigenvalue weighted by molar-refractivity contribution is 5.74. The fraction of sp³-hybridized carbons (Fsp3) is 0.500. The first kappa shape index (κ1) is 14.7. The predicted octanol–water partition coefficient (Wildman–Crippen LogP) is 1.56. The Labute approximate surface area is 108 Å². The van der Waals surface area contributed by atoms with Crippen LogP contribution in [0.2, 0.25) is 0 Å². The van der Waals surface area contributed by atoms with E-state index < -0.39 is 18.1 Å². The number of carboxylic acids is 1. The highest BCUT2D eigenvalue weighted by Gasteiger charge is 2.24. The minimum Gasteiger partial charge on any atom is -0.480 e. The SMILES string of the molecule is CNC(C(=O)O)C(N)c1ccc(CC(C)C)cc1. The fourth-order valence-corrected chi connectivity index (χ4v) is 2.00. The average molecular weight is 250 g/mol. The first-order chi connectivity index (χ1) is 8.45. The average Bonchev–Trinajstić information content (AvgIpc) is 2.29. The van der Waals surface area contributed by atoms with Crippen molar-refractivity contribution in [3.8, 4) is 0 Å². The van der Waals surface area contributed by atoms with Gasteiger partial charge in [-0.05, 0) is 30.5 Å². The van der Waals surface area contributed by atoms with Crippen molar-refractivity contribution >= 4 is 5.97 Å². The lowest BCUT2D eigenvalue weighted by atomic mass is 9.96. The van der Waals surface area contributed by atoms with Crippen LogP contribution in [0.5, 0.6) is 0 Å². The minimum atomic E-state index is -0.934. The zero-order chi connectivity index (χ0) is 13.7. The molecule has 0 saturated heterocycles. The van der Waals surface area contributed by atoms with Crippen LogP contribution in [0.15, 0.2) is 24.3 Å². The van der Waals surface area contributed by atoms with Crippen LogP contribution in [0.3, 0.4) is 0 Å². The summed E-state index contributed by atoms with van der Waals surface area (Å²) in [4.78, 5) is 11.0. The Bertz CT molecular complexity index is 387. The number of rotatable bonds is 6. The van der Waals surface area contributed by atoms with Crippen molar-refractivity contribution in [3.63, 3.8) is 0 Å². The fourth-order valence-electron chi connectivity index (χ4n) is 2.00. The smallest absolute Gasteiger partial charge is 0.322 e. The number of nitrogens with two attached hydrogens (primary N) is 1. The second kappa shape index (κ2) is 6.52. The summed E-state index contributed by atoms with van der Waals surface area (Å²) < 4.78 is 0. The Balaban J connectivity index is 2.80. The summed E-state index contributed by atoms with van der Waals surface area (Å²) in [7, 11) is 1.60. The van der Waals surface area contributed by atoms with Gasteiger partial charge in [-0.15, -0.1) is 0 Å². The van der Waals surface area contributed by atoms with Crippen LogP contribution >= 0.6 is 0 Å². The molecule has 2 unspecified atom stereocenters. The van der Waals surface area contributed by atoms with E-state index in [1.165, 1.54) is 5.56 Å². The molecule has 0 radical (unpaired) electrons. The van der Waals surface area contributed by atoms with Gasteiger partial charge in [0.1, 0.15) is 6.04 Å². The number of nitrogens with one attached hydrogen (secondary N) is 1. The van der Waals surface area contributed by atoms with Crippen LogP contribution in [0.4, 0.5) is 0 Å². The molecule has 2 atom stereocenters. The van der Waals surface area contributed by atoms with Gasteiger partial charge in [0.25, 0.3) is 0 Å². The highest BCUT2D eigenvalue weighted by atomic mass is 16.4. The molecular formula is C14H22N2O2. The maximum Gasteiger partial charge on any atom is 0.322 e. The summed E-state index contributed by atoms with van der Waals surface area (Å²) >= 11 is 0. The van der Waals surface area contributed by atoms with E-state index in [1.54, 1.807) is 7.05 Å². The second-order valence-corrected chi connectivity index (χ2v) is 4.97. The summed E-state index contributed by atoms with van der Waals surface area (Å²) in [6.07, 6.45) is 1.02. The van der Waals surface area contributed by atoms with Crippen LogP contribution in [-0.2, 0) is 11.2 Å². The summed E-state index contributed by atoms with van der Waals surface area (Å²) in [5, 5.41) is 11.8. The Morgan fingerprint density at radius 2 is 1.89 bits per heavy atom. The molecule has 1 rings (SSSR count). The van der Waals surface area contributed by atoms with E-state index in [-0.39, 0.29) is 0 Å². The van der Waals surface area contributed by atoms with E-state index in [4.69, 9.17) is 10.8 Å². The van der Waals surface area contributed by atoms with Crippen LogP contribution in [0, 0.1) is 5.92 Å². The normalized spacial score (nSPS) is 14.5. The first-order valence-electron chi connectivity index (χ1n) is 6.20. The lowest BCUT2D eigenvalue weighted by Gasteiger charge is -2.20. The van der Waals surface area contributed by atoms with Gasteiger partial charge >= 0.3 is 5.97 Å². The number of carboxylic acid groups (broad SMARTS) is 1. The van der Waals surface area contributed by atoms with E-state index in [0.29, 0.717) is 5.92 Å². The van der Waals surface area contributed by atoms with Gasteiger partial charge in [0.15, 0.2) is 0 Å². The van der Waals surface area contributed by atoms with Gasteiger partial charge in [0.2, 0.25) is 0 Å². The topological polar surface area (TPSA) is 75.3 Å². The van der Waals surface area contributed by atoms with Gasteiger partial charge in [-0.3, -0.25) is 4.79 Å². The Morgan fingerprint density at radius 1 is 1.33 bits per heavy atom. The molecule has 1 aromatic rings. The van der Waals surface area contributed by atoms with Gasteiger partial charge in [-0.1, -0.05) is 38.1 Å². The molecular weight excluding hydrogens is 228 g/mol. The first-order valence-corrected chi connectivity index (χ1v) is 6.20. The second-order valence-electron chi connectivity index (χ2n) is 4.97. The van der Waals surface area contributed by atoms with Crippen LogP contribution in [0.1, 0.15) is 31.0 Å². The number of aliphatic carboxylic acids is 1. The van der Waals surface area contributed by atoms with Crippen molar-refractivity contribution in [1.29, 1.82) is 0 Å².